The van der Waals surface area contributed by atoms with Crippen LogP contribution in [0.15, 0.2) is 24.3 Å². The fraction of sp³-hybridized carbons (Fsp3) is 0.385. The van der Waals surface area contributed by atoms with Crippen molar-refractivity contribution in [3.05, 3.63) is 29.8 Å². The van der Waals surface area contributed by atoms with Crippen LogP contribution in [0.4, 0.5) is 5.69 Å². The number of quaternary nitrogens is 1. The van der Waals surface area contributed by atoms with E-state index in [9.17, 15) is 9.59 Å². The molecule has 1 aromatic rings. The number of nitrogens with two attached hydrogens (primary N) is 1. The lowest BCUT2D eigenvalue weighted by Gasteiger charge is -2.23. The summed E-state index contributed by atoms with van der Waals surface area (Å²) in [6, 6.07) is 6.73. The second-order valence-corrected chi connectivity index (χ2v) is 4.50. The number of morpholine rings is 1. The number of para-hydroxylation sites is 1. The molecule has 1 heterocycles. The summed E-state index contributed by atoms with van der Waals surface area (Å²) in [4.78, 5) is 24.4. The zero-order chi connectivity index (χ0) is 13.7. The molecule has 6 heteroatoms. The van der Waals surface area contributed by atoms with Crippen LogP contribution in [-0.2, 0) is 9.53 Å². The van der Waals surface area contributed by atoms with Gasteiger partial charge in [-0.2, -0.15) is 0 Å². The Bertz CT molecular complexity index is 470. The first-order valence-electron chi connectivity index (χ1n) is 6.27. The number of benzene rings is 1. The van der Waals surface area contributed by atoms with E-state index < -0.39 is 5.91 Å². The van der Waals surface area contributed by atoms with Crippen LogP contribution < -0.4 is 16.0 Å². The third-order valence-corrected chi connectivity index (χ3v) is 3.08. The first kappa shape index (κ1) is 13.5. The largest absolute Gasteiger partial charge is 0.370 e. The van der Waals surface area contributed by atoms with Crippen molar-refractivity contribution in [1.29, 1.82) is 0 Å². The van der Waals surface area contributed by atoms with Gasteiger partial charge in [-0.05, 0) is 12.1 Å². The summed E-state index contributed by atoms with van der Waals surface area (Å²) in [6.45, 7) is 3.38. The summed E-state index contributed by atoms with van der Waals surface area (Å²) < 4.78 is 5.24. The highest BCUT2D eigenvalue weighted by molar-refractivity contribution is 6.03. The number of carbonyl (C=O) groups is 2. The molecule has 2 amide bonds. The molecule has 0 unspecified atom stereocenters. The molecule has 1 saturated heterocycles. The molecule has 1 aliphatic heterocycles. The van der Waals surface area contributed by atoms with Crippen molar-refractivity contribution < 1.29 is 19.2 Å². The van der Waals surface area contributed by atoms with Crippen LogP contribution in [0.3, 0.4) is 0 Å². The van der Waals surface area contributed by atoms with Crippen LogP contribution in [0.5, 0.6) is 0 Å². The molecule has 19 heavy (non-hydrogen) atoms. The van der Waals surface area contributed by atoms with E-state index in [0.717, 1.165) is 13.1 Å². The van der Waals surface area contributed by atoms with Crippen LogP contribution in [0, 0.1) is 0 Å². The standard InChI is InChI=1S/C13H17N3O3/c14-13(18)10-3-1-2-4-11(10)15-12(17)9-16-5-7-19-8-6-16/h1-4H,5-9H2,(H2,14,18)(H,15,17)/p+1. The van der Waals surface area contributed by atoms with Gasteiger partial charge in [0.15, 0.2) is 6.54 Å². The van der Waals surface area contributed by atoms with Gasteiger partial charge in [0, 0.05) is 0 Å². The Balaban J connectivity index is 1.96. The monoisotopic (exact) mass is 264 g/mol. The average molecular weight is 264 g/mol. The quantitative estimate of drug-likeness (QED) is 0.628. The number of rotatable bonds is 4. The van der Waals surface area contributed by atoms with Gasteiger partial charge < -0.3 is 20.7 Å². The lowest BCUT2D eigenvalue weighted by molar-refractivity contribution is -0.899. The third-order valence-electron chi connectivity index (χ3n) is 3.08. The minimum atomic E-state index is -0.547. The number of anilines is 1. The van der Waals surface area contributed by atoms with E-state index in [2.05, 4.69) is 5.32 Å². The Hall–Kier alpha value is -1.92. The van der Waals surface area contributed by atoms with Gasteiger partial charge in [-0.15, -0.1) is 0 Å². The molecule has 0 saturated carbocycles. The molecule has 1 fully saturated rings. The smallest absolute Gasteiger partial charge is 0.279 e. The summed E-state index contributed by atoms with van der Waals surface area (Å²) >= 11 is 0. The Morgan fingerprint density at radius 3 is 2.63 bits per heavy atom. The molecule has 102 valence electrons. The van der Waals surface area contributed by atoms with Crippen molar-refractivity contribution in [2.75, 3.05) is 38.2 Å². The van der Waals surface area contributed by atoms with Crippen molar-refractivity contribution in [3.8, 4) is 0 Å². The molecule has 0 spiro atoms. The maximum absolute atomic E-state index is 11.9. The molecule has 0 atom stereocenters. The topological polar surface area (TPSA) is 85.9 Å². The SMILES string of the molecule is NC(=O)c1ccccc1NC(=O)C[NH+]1CCOCC1. The minimum Gasteiger partial charge on any atom is -0.370 e. The first-order chi connectivity index (χ1) is 9.16. The molecular weight excluding hydrogens is 246 g/mol. The van der Waals surface area contributed by atoms with Gasteiger partial charge in [0.1, 0.15) is 13.1 Å². The molecule has 1 aromatic carbocycles. The van der Waals surface area contributed by atoms with E-state index in [0.29, 0.717) is 31.0 Å². The van der Waals surface area contributed by atoms with Crippen LogP contribution in [0.25, 0.3) is 0 Å². The van der Waals surface area contributed by atoms with Gasteiger partial charge in [0.2, 0.25) is 0 Å². The predicted molar refractivity (Wildman–Crippen MR) is 70.0 cm³/mol. The average Bonchev–Trinajstić information content (AvgIpc) is 2.40. The zero-order valence-corrected chi connectivity index (χ0v) is 10.6. The van der Waals surface area contributed by atoms with E-state index in [4.69, 9.17) is 10.5 Å². The van der Waals surface area contributed by atoms with Gasteiger partial charge in [-0.3, -0.25) is 9.59 Å². The van der Waals surface area contributed by atoms with Crippen LogP contribution in [0.2, 0.25) is 0 Å². The fourth-order valence-electron chi connectivity index (χ4n) is 2.07. The molecule has 0 aliphatic carbocycles. The molecule has 0 bridgehead atoms. The summed E-state index contributed by atoms with van der Waals surface area (Å²) in [5.41, 5.74) is 6.05. The van der Waals surface area contributed by atoms with E-state index in [1.807, 2.05) is 0 Å². The molecule has 1 aliphatic rings. The minimum absolute atomic E-state index is 0.120. The van der Waals surface area contributed by atoms with Crippen LogP contribution in [-0.4, -0.2) is 44.7 Å². The maximum Gasteiger partial charge on any atom is 0.279 e. The highest BCUT2D eigenvalue weighted by Crippen LogP contribution is 2.13. The van der Waals surface area contributed by atoms with Gasteiger partial charge >= 0.3 is 0 Å². The Labute approximate surface area is 111 Å². The number of primary amides is 1. The predicted octanol–water partition coefficient (Wildman–Crippen LogP) is -1.36. The van der Waals surface area contributed by atoms with Gasteiger partial charge in [0.25, 0.3) is 11.8 Å². The summed E-state index contributed by atoms with van der Waals surface area (Å²) in [6.07, 6.45) is 0. The van der Waals surface area contributed by atoms with Gasteiger partial charge in [-0.25, -0.2) is 0 Å². The Kier molecular flexibility index (Phi) is 4.48. The molecule has 4 N–H and O–H groups in total. The van der Waals surface area contributed by atoms with E-state index in [1.54, 1.807) is 24.3 Å². The Morgan fingerprint density at radius 2 is 1.95 bits per heavy atom. The van der Waals surface area contributed by atoms with E-state index in [1.165, 1.54) is 4.90 Å². The highest BCUT2D eigenvalue weighted by Gasteiger charge is 2.18. The van der Waals surface area contributed by atoms with Crippen molar-refractivity contribution in [2.24, 2.45) is 5.73 Å². The van der Waals surface area contributed by atoms with Gasteiger partial charge in [0.05, 0.1) is 24.5 Å². The van der Waals surface area contributed by atoms with Crippen LogP contribution in [0.1, 0.15) is 10.4 Å². The summed E-state index contributed by atoms with van der Waals surface area (Å²) in [5, 5.41) is 2.74. The van der Waals surface area contributed by atoms with E-state index in [-0.39, 0.29) is 5.91 Å². The number of ether oxygens (including phenoxy) is 1. The normalized spacial score (nSPS) is 16.0. The summed E-state index contributed by atoms with van der Waals surface area (Å²) in [5.74, 6) is -0.666. The number of hydrogen-bond acceptors (Lipinski definition) is 3. The Morgan fingerprint density at radius 1 is 1.26 bits per heavy atom. The van der Waals surface area contributed by atoms with Crippen molar-refractivity contribution >= 4 is 17.5 Å². The lowest BCUT2D eigenvalue weighted by Crippen LogP contribution is -3.15. The molecule has 0 radical (unpaired) electrons. The third kappa shape index (κ3) is 3.77. The number of hydrogen-bond donors (Lipinski definition) is 3. The number of carbonyl (C=O) groups excluding carboxylic acids is 2. The highest BCUT2D eigenvalue weighted by atomic mass is 16.5. The van der Waals surface area contributed by atoms with E-state index >= 15 is 0 Å². The lowest BCUT2D eigenvalue weighted by atomic mass is 10.1. The van der Waals surface area contributed by atoms with Crippen molar-refractivity contribution in [1.82, 2.24) is 0 Å². The molecule has 0 aromatic heterocycles. The summed E-state index contributed by atoms with van der Waals surface area (Å²) in [7, 11) is 0. The van der Waals surface area contributed by atoms with Gasteiger partial charge in [-0.1, -0.05) is 12.1 Å². The van der Waals surface area contributed by atoms with Crippen molar-refractivity contribution in [2.45, 2.75) is 0 Å². The second-order valence-electron chi connectivity index (χ2n) is 4.50. The van der Waals surface area contributed by atoms with Crippen molar-refractivity contribution in [3.63, 3.8) is 0 Å². The zero-order valence-electron chi connectivity index (χ0n) is 10.6. The number of nitrogens with one attached hydrogen (secondary N) is 2. The molecule has 2 rings (SSSR count). The fourth-order valence-corrected chi connectivity index (χ4v) is 2.07. The first-order valence-corrected chi connectivity index (χ1v) is 6.27. The second kappa shape index (κ2) is 6.31. The number of amides is 2. The molecule has 6 nitrogen and oxygen atoms in total. The molecular formula is C13H18N3O3+. The maximum atomic E-state index is 11.9. The van der Waals surface area contributed by atoms with Crippen LogP contribution >= 0.6 is 0 Å².